The Hall–Kier alpha value is -3.10. The number of nitrogens with zero attached hydrogens (tertiary/aromatic N) is 4. The van der Waals surface area contributed by atoms with Gasteiger partial charge in [-0.25, -0.2) is 0 Å². The van der Waals surface area contributed by atoms with E-state index in [1.54, 1.807) is 13.8 Å². The van der Waals surface area contributed by atoms with Crippen molar-refractivity contribution in [3.63, 3.8) is 0 Å². The van der Waals surface area contributed by atoms with Crippen LogP contribution in [0.25, 0.3) is 16.6 Å². The van der Waals surface area contributed by atoms with Gasteiger partial charge in [-0.3, -0.25) is 0 Å². The first-order valence-corrected chi connectivity index (χ1v) is 7.95. The predicted molar refractivity (Wildman–Crippen MR) is 90.9 cm³/mol. The van der Waals surface area contributed by atoms with Crippen molar-refractivity contribution in [3.8, 4) is 0 Å². The Morgan fingerprint density at radius 1 is 1.12 bits per heavy atom. The van der Waals surface area contributed by atoms with Crippen LogP contribution in [0.2, 0.25) is 0 Å². The molecule has 134 valence electrons. The van der Waals surface area contributed by atoms with E-state index >= 15 is 0 Å². The van der Waals surface area contributed by atoms with Crippen molar-refractivity contribution in [3.05, 3.63) is 53.0 Å². The van der Waals surface area contributed by atoms with Gasteiger partial charge >= 0.3 is 6.18 Å². The summed E-state index contributed by atoms with van der Waals surface area (Å²) in [5, 5.41) is 15.1. The number of anilines is 1. The van der Waals surface area contributed by atoms with Gasteiger partial charge < -0.3 is 10.3 Å². The summed E-state index contributed by atoms with van der Waals surface area (Å²) in [6, 6.07) is 9.82. The van der Waals surface area contributed by atoms with Gasteiger partial charge in [0.1, 0.15) is 0 Å². The standard InChI is InChI=1S/C17H15F3N6/c1-9-10(2)15-23-24-16(17(18,19)20)26(15)25-14(9)21-8-12-7-11-5-3-4-6-13(11)22-12/h3-7,22H,8H2,1-2H3,(H,21,25). The average molecular weight is 360 g/mol. The zero-order valence-corrected chi connectivity index (χ0v) is 14.0. The van der Waals surface area contributed by atoms with Gasteiger partial charge in [-0.05, 0) is 36.9 Å². The number of para-hydroxylation sites is 1. The highest BCUT2D eigenvalue weighted by atomic mass is 19.4. The second-order valence-electron chi connectivity index (χ2n) is 6.09. The molecule has 0 saturated carbocycles. The number of nitrogens with one attached hydrogen (secondary N) is 2. The molecule has 0 atom stereocenters. The summed E-state index contributed by atoms with van der Waals surface area (Å²) in [7, 11) is 0. The number of aryl methyl sites for hydroxylation is 1. The van der Waals surface area contributed by atoms with Gasteiger partial charge in [-0.15, -0.1) is 15.3 Å². The maximum absolute atomic E-state index is 13.1. The molecule has 0 aliphatic carbocycles. The van der Waals surface area contributed by atoms with Crippen LogP contribution in [0, 0.1) is 13.8 Å². The van der Waals surface area contributed by atoms with Crippen LogP contribution in [0.3, 0.4) is 0 Å². The molecule has 4 aromatic rings. The summed E-state index contributed by atoms with van der Waals surface area (Å²) in [5.74, 6) is -0.775. The molecule has 0 amide bonds. The molecular formula is C17H15F3N6. The van der Waals surface area contributed by atoms with Crippen molar-refractivity contribution in [2.45, 2.75) is 26.6 Å². The fourth-order valence-electron chi connectivity index (χ4n) is 2.88. The van der Waals surface area contributed by atoms with Crippen LogP contribution in [-0.4, -0.2) is 24.8 Å². The van der Waals surface area contributed by atoms with Crippen molar-refractivity contribution < 1.29 is 13.2 Å². The third kappa shape index (κ3) is 2.65. The molecule has 0 fully saturated rings. The van der Waals surface area contributed by atoms with E-state index in [-0.39, 0.29) is 5.65 Å². The van der Waals surface area contributed by atoms with E-state index in [0.29, 0.717) is 17.9 Å². The highest BCUT2D eigenvalue weighted by Gasteiger charge is 2.38. The van der Waals surface area contributed by atoms with E-state index < -0.39 is 12.0 Å². The second kappa shape index (κ2) is 5.72. The molecule has 0 saturated heterocycles. The molecule has 1 aromatic carbocycles. The van der Waals surface area contributed by atoms with Crippen LogP contribution in [0.1, 0.15) is 22.6 Å². The Kier molecular flexibility index (Phi) is 3.60. The normalized spacial score (nSPS) is 12.2. The largest absolute Gasteiger partial charge is 0.453 e. The number of H-pyrrole nitrogens is 1. The van der Waals surface area contributed by atoms with E-state index in [1.807, 2.05) is 30.3 Å². The summed E-state index contributed by atoms with van der Waals surface area (Å²) in [4.78, 5) is 3.27. The minimum absolute atomic E-state index is 0.103. The summed E-state index contributed by atoms with van der Waals surface area (Å²) >= 11 is 0. The number of halogens is 3. The van der Waals surface area contributed by atoms with Crippen molar-refractivity contribution in [2.24, 2.45) is 0 Å². The molecule has 0 aliphatic rings. The fraction of sp³-hybridized carbons (Fsp3) is 0.235. The van der Waals surface area contributed by atoms with Crippen molar-refractivity contribution in [1.29, 1.82) is 0 Å². The minimum atomic E-state index is -4.62. The Labute approximate surface area is 146 Å². The van der Waals surface area contributed by atoms with E-state index in [2.05, 4.69) is 25.6 Å². The molecule has 26 heavy (non-hydrogen) atoms. The number of rotatable bonds is 3. The number of aromatic nitrogens is 5. The van der Waals surface area contributed by atoms with E-state index in [9.17, 15) is 13.2 Å². The molecule has 2 N–H and O–H groups in total. The molecule has 0 aliphatic heterocycles. The van der Waals surface area contributed by atoms with Crippen LogP contribution in [0.4, 0.5) is 19.0 Å². The zero-order valence-electron chi connectivity index (χ0n) is 14.0. The summed E-state index contributed by atoms with van der Waals surface area (Å²) in [6.07, 6.45) is -4.62. The minimum Gasteiger partial charge on any atom is -0.363 e. The van der Waals surface area contributed by atoms with E-state index in [1.165, 1.54) is 0 Å². The molecule has 6 nitrogen and oxygen atoms in total. The highest BCUT2D eigenvalue weighted by molar-refractivity contribution is 5.80. The van der Waals surface area contributed by atoms with Gasteiger partial charge in [0.15, 0.2) is 11.5 Å². The first kappa shape index (κ1) is 16.4. The summed E-state index contributed by atoms with van der Waals surface area (Å²) < 4.78 is 40.0. The molecule has 3 aromatic heterocycles. The van der Waals surface area contributed by atoms with Gasteiger partial charge in [0.2, 0.25) is 0 Å². The van der Waals surface area contributed by atoms with Crippen molar-refractivity contribution >= 4 is 22.4 Å². The number of hydrogen-bond acceptors (Lipinski definition) is 4. The fourth-order valence-corrected chi connectivity index (χ4v) is 2.88. The maximum Gasteiger partial charge on any atom is 0.453 e. The smallest absolute Gasteiger partial charge is 0.363 e. The van der Waals surface area contributed by atoms with Gasteiger partial charge in [0, 0.05) is 16.8 Å². The topological polar surface area (TPSA) is 70.9 Å². The summed E-state index contributed by atoms with van der Waals surface area (Å²) in [5.41, 5.74) is 3.34. The predicted octanol–water partition coefficient (Wildman–Crippen LogP) is 3.85. The Bertz CT molecular complexity index is 1080. The molecule has 9 heteroatoms. The van der Waals surface area contributed by atoms with Crippen LogP contribution in [0.5, 0.6) is 0 Å². The number of aromatic amines is 1. The average Bonchev–Trinajstić information content (AvgIpc) is 3.19. The Balaban J connectivity index is 1.70. The molecule has 3 heterocycles. The van der Waals surface area contributed by atoms with E-state index in [0.717, 1.165) is 26.7 Å². The lowest BCUT2D eigenvalue weighted by molar-refractivity contribution is -0.146. The first-order chi connectivity index (χ1) is 12.3. The van der Waals surface area contributed by atoms with Crippen LogP contribution in [-0.2, 0) is 12.7 Å². The number of hydrogen-bond donors (Lipinski definition) is 2. The second-order valence-corrected chi connectivity index (χ2v) is 6.09. The van der Waals surface area contributed by atoms with Crippen LogP contribution in [0.15, 0.2) is 30.3 Å². The van der Waals surface area contributed by atoms with Crippen LogP contribution < -0.4 is 5.32 Å². The monoisotopic (exact) mass is 360 g/mol. The summed E-state index contributed by atoms with van der Waals surface area (Å²) in [6.45, 7) is 3.89. The lowest BCUT2D eigenvalue weighted by atomic mass is 10.2. The van der Waals surface area contributed by atoms with Crippen molar-refractivity contribution in [2.75, 3.05) is 5.32 Å². The SMILES string of the molecule is Cc1c(NCc2cc3ccccc3[nH]2)nn2c(C(F)(F)F)nnc2c1C. The third-order valence-corrected chi connectivity index (χ3v) is 4.38. The zero-order chi connectivity index (χ0) is 18.5. The lowest BCUT2D eigenvalue weighted by Gasteiger charge is -2.12. The molecule has 0 bridgehead atoms. The van der Waals surface area contributed by atoms with Gasteiger partial charge in [0.05, 0.1) is 6.54 Å². The maximum atomic E-state index is 13.1. The molecule has 4 rings (SSSR count). The van der Waals surface area contributed by atoms with Gasteiger partial charge in [0.25, 0.3) is 5.82 Å². The third-order valence-electron chi connectivity index (χ3n) is 4.38. The Morgan fingerprint density at radius 2 is 1.88 bits per heavy atom. The molecular weight excluding hydrogens is 345 g/mol. The van der Waals surface area contributed by atoms with Gasteiger partial charge in [-0.1, -0.05) is 18.2 Å². The number of fused-ring (bicyclic) bond motifs is 2. The molecule has 0 unspecified atom stereocenters. The van der Waals surface area contributed by atoms with E-state index in [4.69, 9.17) is 0 Å². The highest BCUT2D eigenvalue weighted by Crippen LogP contribution is 2.29. The Morgan fingerprint density at radius 3 is 2.62 bits per heavy atom. The van der Waals surface area contributed by atoms with Crippen LogP contribution >= 0.6 is 0 Å². The quantitative estimate of drug-likeness (QED) is 0.582. The molecule has 0 radical (unpaired) electrons. The van der Waals surface area contributed by atoms with Gasteiger partial charge in [-0.2, -0.15) is 17.7 Å². The lowest BCUT2D eigenvalue weighted by Crippen LogP contribution is -2.15. The molecule has 0 spiro atoms. The number of alkyl halides is 3. The first-order valence-electron chi connectivity index (χ1n) is 7.95. The van der Waals surface area contributed by atoms with Crippen molar-refractivity contribution in [1.82, 2.24) is 24.8 Å². The number of benzene rings is 1.